The summed E-state index contributed by atoms with van der Waals surface area (Å²) < 4.78 is 53.2. The molecule has 3 N–H and O–H groups in total. The molecule has 0 atom stereocenters. The first-order chi connectivity index (χ1) is 31.4. The van der Waals surface area contributed by atoms with Gasteiger partial charge in [0, 0.05) is 96.1 Å². The predicted molar refractivity (Wildman–Crippen MR) is 252 cm³/mol. The van der Waals surface area contributed by atoms with E-state index in [4.69, 9.17) is 30.5 Å². The van der Waals surface area contributed by atoms with Crippen LogP contribution in [0.3, 0.4) is 0 Å². The van der Waals surface area contributed by atoms with Crippen molar-refractivity contribution in [3.05, 3.63) is 118 Å². The minimum absolute atomic E-state index is 0.0306. The van der Waals surface area contributed by atoms with Gasteiger partial charge in [-0.15, -0.1) is 0 Å². The van der Waals surface area contributed by atoms with Crippen LogP contribution in [0.15, 0.2) is 96.3 Å². The molecule has 1 aliphatic carbocycles. The summed E-state index contributed by atoms with van der Waals surface area (Å²) in [5.74, 6) is 2.38. The minimum Gasteiger partial charge on any atom is -0.491 e. The average Bonchev–Trinajstić information content (AvgIpc) is 3.78. The van der Waals surface area contributed by atoms with Gasteiger partial charge in [-0.2, -0.15) is 5.26 Å². The van der Waals surface area contributed by atoms with Crippen molar-refractivity contribution >= 4 is 50.1 Å². The number of piperidine rings is 1. The molecule has 1 saturated carbocycles. The highest BCUT2D eigenvalue weighted by Gasteiger charge is 2.64. The molecule has 1 amide bonds. The van der Waals surface area contributed by atoms with Gasteiger partial charge in [-0.05, 0) is 61.4 Å². The molecule has 8 rings (SSSR count). The predicted octanol–water partition coefficient (Wildman–Crippen LogP) is 7.69. The standard InChI is InChI=1S/C48H51ClN8O8S/c1-47(2)44(48(3,4)45(47)65-35-12-10-29(25-50)39(49)24-35)54-42(58)30-26-52-46(53-27-30)57-18-15-32(16-19-57)62-20-21-63-33-8-7-9-34(23-33)64-40-13-11-31(55-66(6,60)61)22-37(40)38-28-56(5)43(59)41-36(38)14-17-51-41/h7-14,17,22-24,26-28,32,44-45,51,55H,15-16,18-21H2,1-6H3,(H,54,58)/t44-,45-. The van der Waals surface area contributed by atoms with Crippen LogP contribution in [0, 0.1) is 22.2 Å². The Kier molecular flexibility index (Phi) is 12.8. The Morgan fingerprint density at radius 2 is 1.68 bits per heavy atom. The second-order valence-electron chi connectivity index (χ2n) is 17.9. The van der Waals surface area contributed by atoms with Gasteiger partial charge in [-0.25, -0.2) is 18.4 Å². The number of nitriles is 1. The maximum Gasteiger partial charge on any atom is 0.274 e. The van der Waals surface area contributed by atoms with Crippen molar-refractivity contribution in [3.8, 4) is 40.2 Å². The highest BCUT2D eigenvalue weighted by Crippen LogP contribution is 2.55. The highest BCUT2D eigenvalue weighted by molar-refractivity contribution is 7.92. The number of carbonyl (C=O) groups is 1. The van der Waals surface area contributed by atoms with Crippen LogP contribution in [-0.4, -0.2) is 84.7 Å². The number of aromatic amines is 1. The van der Waals surface area contributed by atoms with Crippen LogP contribution in [0.5, 0.6) is 23.0 Å². The normalized spacial score (nSPS) is 17.9. The fourth-order valence-corrected chi connectivity index (χ4v) is 10.1. The number of hydrogen-bond donors (Lipinski definition) is 3. The molecule has 0 radical (unpaired) electrons. The number of hydrogen-bond acceptors (Lipinski definition) is 12. The van der Waals surface area contributed by atoms with Gasteiger partial charge in [-0.3, -0.25) is 14.3 Å². The van der Waals surface area contributed by atoms with E-state index in [-0.39, 0.29) is 29.7 Å². The highest BCUT2D eigenvalue weighted by atomic mass is 35.5. The molecule has 1 saturated heterocycles. The van der Waals surface area contributed by atoms with Gasteiger partial charge in [0.05, 0.1) is 35.1 Å². The van der Waals surface area contributed by atoms with E-state index >= 15 is 0 Å². The number of halogens is 1. The summed E-state index contributed by atoms with van der Waals surface area (Å²) in [5, 5.41) is 13.4. The summed E-state index contributed by atoms with van der Waals surface area (Å²) in [5.41, 5.74) is 1.75. The lowest BCUT2D eigenvalue weighted by Crippen LogP contribution is -2.74. The molecule has 16 nitrogen and oxygen atoms in total. The van der Waals surface area contributed by atoms with E-state index < -0.39 is 20.9 Å². The number of rotatable bonds is 15. The zero-order chi connectivity index (χ0) is 47.0. The van der Waals surface area contributed by atoms with Gasteiger partial charge < -0.3 is 38.7 Å². The SMILES string of the molecule is Cn1cc(-c2cc(NS(C)(=O)=O)ccc2Oc2cccc(OCCOC3CCN(c4ncc(C(=O)N[C@H]5C(C)(C)[C@H](Oc6ccc(C#N)c(Cl)c6)C5(C)C)cn4)CC3)c2)c2cc[nH]c2c1=O. The second-order valence-corrected chi connectivity index (χ2v) is 20.0. The van der Waals surface area contributed by atoms with Crippen molar-refractivity contribution in [2.45, 2.75) is 58.8 Å². The molecule has 66 heavy (non-hydrogen) atoms. The van der Waals surface area contributed by atoms with Gasteiger partial charge >= 0.3 is 0 Å². The van der Waals surface area contributed by atoms with Crippen LogP contribution >= 0.6 is 11.6 Å². The molecule has 6 aromatic rings. The van der Waals surface area contributed by atoms with E-state index in [2.05, 4.69) is 63.7 Å². The largest absolute Gasteiger partial charge is 0.491 e. The molecule has 2 aliphatic rings. The lowest BCUT2D eigenvalue weighted by molar-refractivity contribution is -0.164. The number of sulfonamides is 1. The first-order valence-corrected chi connectivity index (χ1v) is 23.7. The van der Waals surface area contributed by atoms with Gasteiger partial charge in [0.25, 0.3) is 11.5 Å². The average molecular weight is 936 g/mol. The van der Waals surface area contributed by atoms with Crippen LogP contribution in [0.2, 0.25) is 5.02 Å². The molecule has 0 bridgehead atoms. The fraction of sp³-hybridized carbons (Fsp3) is 0.354. The van der Waals surface area contributed by atoms with Crippen LogP contribution < -0.4 is 34.7 Å². The molecule has 2 fully saturated rings. The molecule has 3 aromatic carbocycles. The maximum atomic E-state index is 13.4. The summed E-state index contributed by atoms with van der Waals surface area (Å²) in [6.07, 6.45) is 8.93. The monoisotopic (exact) mass is 934 g/mol. The number of anilines is 2. The third-order valence-corrected chi connectivity index (χ3v) is 13.2. The quantitative estimate of drug-likeness (QED) is 0.0849. The molecule has 0 spiro atoms. The third-order valence-electron chi connectivity index (χ3n) is 12.3. The fourth-order valence-electron chi connectivity index (χ4n) is 9.35. The molecule has 3 aromatic heterocycles. The number of nitrogens with zero attached hydrogens (tertiary/aromatic N) is 5. The Morgan fingerprint density at radius 3 is 2.38 bits per heavy atom. The number of nitrogens with one attached hydrogen (secondary N) is 3. The van der Waals surface area contributed by atoms with Crippen LogP contribution in [0.1, 0.15) is 56.5 Å². The zero-order valence-corrected chi connectivity index (χ0v) is 39.0. The second kappa shape index (κ2) is 18.3. The van der Waals surface area contributed by atoms with Crippen molar-refractivity contribution in [1.82, 2.24) is 24.8 Å². The Morgan fingerprint density at radius 1 is 0.955 bits per heavy atom. The van der Waals surface area contributed by atoms with Crippen molar-refractivity contribution in [3.63, 3.8) is 0 Å². The van der Waals surface area contributed by atoms with Gasteiger partial charge in [0.2, 0.25) is 16.0 Å². The molecule has 4 heterocycles. The maximum absolute atomic E-state index is 13.4. The molecule has 1 aliphatic heterocycles. The first-order valence-electron chi connectivity index (χ1n) is 21.5. The lowest BCUT2D eigenvalue weighted by Gasteiger charge is -2.63. The van der Waals surface area contributed by atoms with Gasteiger partial charge in [-0.1, -0.05) is 45.4 Å². The molecular weight excluding hydrogens is 884 g/mol. The summed E-state index contributed by atoms with van der Waals surface area (Å²) in [6.45, 7) is 10.3. The Balaban J connectivity index is 0.812. The van der Waals surface area contributed by atoms with Crippen molar-refractivity contribution in [1.29, 1.82) is 5.26 Å². The molecule has 18 heteroatoms. The summed E-state index contributed by atoms with van der Waals surface area (Å²) in [6, 6.07) is 20.9. The Hall–Kier alpha value is -6.61. The Bertz CT molecular complexity index is 2980. The number of aryl methyl sites for hydroxylation is 1. The third kappa shape index (κ3) is 9.67. The smallest absolute Gasteiger partial charge is 0.274 e. The van der Waals surface area contributed by atoms with E-state index in [0.29, 0.717) is 99.1 Å². The van der Waals surface area contributed by atoms with E-state index in [1.165, 1.54) is 4.57 Å². The van der Waals surface area contributed by atoms with E-state index in [1.807, 2.05) is 12.1 Å². The number of pyridine rings is 1. The number of fused-ring (bicyclic) bond motifs is 1. The molecule has 0 unspecified atom stereocenters. The number of carbonyl (C=O) groups excluding carboxylic acids is 1. The van der Waals surface area contributed by atoms with E-state index in [0.717, 1.165) is 19.1 Å². The topological polar surface area (TPSA) is 203 Å². The van der Waals surface area contributed by atoms with Crippen molar-refractivity contribution in [2.24, 2.45) is 17.9 Å². The van der Waals surface area contributed by atoms with E-state index in [9.17, 15) is 23.3 Å². The first kappa shape index (κ1) is 45.9. The number of ether oxygens (including phenoxy) is 4. The van der Waals surface area contributed by atoms with Crippen LogP contribution in [0.4, 0.5) is 11.6 Å². The summed E-state index contributed by atoms with van der Waals surface area (Å²) in [4.78, 5) is 40.4. The Labute approximate surface area is 387 Å². The summed E-state index contributed by atoms with van der Waals surface area (Å²) in [7, 11) is -1.90. The van der Waals surface area contributed by atoms with Gasteiger partial charge in [0.15, 0.2) is 0 Å². The molecule has 344 valence electrons. The van der Waals surface area contributed by atoms with Crippen LogP contribution in [0.25, 0.3) is 22.0 Å². The van der Waals surface area contributed by atoms with Gasteiger partial charge in [0.1, 0.15) is 47.3 Å². The zero-order valence-electron chi connectivity index (χ0n) is 37.4. The van der Waals surface area contributed by atoms with Crippen LogP contribution in [-0.2, 0) is 21.8 Å². The number of aromatic nitrogens is 4. The summed E-state index contributed by atoms with van der Waals surface area (Å²) >= 11 is 6.25. The number of H-pyrrole nitrogens is 1. The molecular formula is C48H51ClN8O8S. The lowest BCUT2D eigenvalue weighted by atomic mass is 9.49. The number of amides is 1. The van der Waals surface area contributed by atoms with Crippen molar-refractivity contribution in [2.75, 3.05) is 42.2 Å². The minimum atomic E-state index is -3.56. The van der Waals surface area contributed by atoms with E-state index in [1.54, 1.807) is 86.4 Å². The van der Waals surface area contributed by atoms with Crippen molar-refractivity contribution < 1.29 is 32.2 Å². The number of benzene rings is 3.